The molecular formula is C9H21N2+. The van der Waals surface area contributed by atoms with Crippen LogP contribution in [-0.4, -0.2) is 37.8 Å². The van der Waals surface area contributed by atoms with E-state index in [4.69, 9.17) is 0 Å². The summed E-state index contributed by atoms with van der Waals surface area (Å²) in [6.45, 7) is 4.77. The molecule has 1 fully saturated rings. The van der Waals surface area contributed by atoms with Crippen LogP contribution in [0.5, 0.6) is 0 Å². The summed E-state index contributed by atoms with van der Waals surface area (Å²) >= 11 is 0. The van der Waals surface area contributed by atoms with Crippen LogP contribution in [0.25, 0.3) is 0 Å². The van der Waals surface area contributed by atoms with Gasteiger partial charge < -0.3 is 4.48 Å². The van der Waals surface area contributed by atoms with Crippen LogP contribution in [0, 0.1) is 0 Å². The van der Waals surface area contributed by atoms with E-state index in [2.05, 4.69) is 26.3 Å². The number of hydrogen-bond donors (Lipinski definition) is 1. The maximum absolute atomic E-state index is 3.55. The zero-order valence-electron chi connectivity index (χ0n) is 8.06. The summed E-state index contributed by atoms with van der Waals surface area (Å²) in [7, 11) is 4.65. The van der Waals surface area contributed by atoms with Crippen molar-refractivity contribution in [3.8, 4) is 0 Å². The van der Waals surface area contributed by atoms with Crippen molar-refractivity contribution >= 4 is 0 Å². The minimum absolute atomic E-state index is 0.718. The Balaban J connectivity index is 2.41. The predicted octanol–water partition coefficient (Wildman–Crippen LogP) is 1.18. The monoisotopic (exact) mass is 157 g/mol. The number of quaternary nitrogens is 1. The van der Waals surface area contributed by atoms with E-state index >= 15 is 0 Å². The van der Waals surface area contributed by atoms with Crippen LogP contribution in [0.3, 0.4) is 0 Å². The molecule has 0 bridgehead atoms. The number of hydrogen-bond acceptors (Lipinski definition) is 1. The average Bonchev–Trinajstić information content (AvgIpc) is 2.37. The first-order chi connectivity index (χ1) is 5.17. The van der Waals surface area contributed by atoms with Gasteiger partial charge in [0, 0.05) is 13.0 Å². The van der Waals surface area contributed by atoms with E-state index in [1.165, 1.54) is 32.4 Å². The highest BCUT2D eigenvalue weighted by Crippen LogP contribution is 2.15. The van der Waals surface area contributed by atoms with Gasteiger partial charge in [-0.1, -0.05) is 6.92 Å². The third-order valence-electron chi connectivity index (χ3n) is 2.68. The highest BCUT2D eigenvalue weighted by molar-refractivity contribution is 4.65. The van der Waals surface area contributed by atoms with Crippen molar-refractivity contribution in [2.24, 2.45) is 0 Å². The second-order valence-corrected chi connectivity index (χ2v) is 4.11. The summed E-state index contributed by atoms with van der Waals surface area (Å²) < 4.78 is 1.15. The van der Waals surface area contributed by atoms with Gasteiger partial charge >= 0.3 is 0 Å². The Hall–Kier alpha value is -0.0800. The molecule has 11 heavy (non-hydrogen) atoms. The minimum atomic E-state index is 0.718. The number of nitrogens with zero attached hydrogens (tertiary/aromatic N) is 1. The first-order valence-electron chi connectivity index (χ1n) is 4.73. The van der Waals surface area contributed by atoms with E-state index < -0.39 is 0 Å². The van der Waals surface area contributed by atoms with Gasteiger partial charge in [-0.25, -0.2) is 0 Å². The van der Waals surface area contributed by atoms with E-state index in [0.717, 1.165) is 10.6 Å². The molecule has 1 saturated heterocycles. The van der Waals surface area contributed by atoms with E-state index in [0.29, 0.717) is 0 Å². The molecule has 1 rings (SSSR count). The van der Waals surface area contributed by atoms with E-state index in [-0.39, 0.29) is 0 Å². The maximum Gasteiger partial charge on any atom is 0.142 e. The molecule has 1 heterocycles. The third-order valence-corrected chi connectivity index (χ3v) is 2.68. The zero-order chi connectivity index (χ0) is 8.32. The van der Waals surface area contributed by atoms with E-state index in [9.17, 15) is 0 Å². The summed E-state index contributed by atoms with van der Waals surface area (Å²) in [5.74, 6) is 0. The molecule has 0 amide bonds. The molecule has 0 spiro atoms. The topological polar surface area (TPSA) is 12.0 Å². The molecule has 1 aliphatic rings. The van der Waals surface area contributed by atoms with Crippen molar-refractivity contribution in [3.05, 3.63) is 0 Å². The SMILES string of the molecule is CCC[N+](C)(C)C1CCCN1. The minimum Gasteiger partial charge on any atom is -0.314 e. The van der Waals surface area contributed by atoms with E-state index in [1.54, 1.807) is 0 Å². The van der Waals surface area contributed by atoms with Crippen LogP contribution in [0.15, 0.2) is 0 Å². The highest BCUT2D eigenvalue weighted by atomic mass is 15.4. The van der Waals surface area contributed by atoms with Crippen molar-refractivity contribution in [3.63, 3.8) is 0 Å². The molecule has 2 heteroatoms. The maximum atomic E-state index is 3.55. The normalized spacial score (nSPS) is 25.9. The predicted molar refractivity (Wildman–Crippen MR) is 48.3 cm³/mol. The van der Waals surface area contributed by atoms with Crippen molar-refractivity contribution in [1.29, 1.82) is 0 Å². The first-order valence-corrected chi connectivity index (χ1v) is 4.73. The van der Waals surface area contributed by atoms with Gasteiger partial charge in [0.15, 0.2) is 0 Å². The molecule has 0 aromatic heterocycles. The second kappa shape index (κ2) is 3.55. The molecule has 1 N–H and O–H groups in total. The van der Waals surface area contributed by atoms with Gasteiger partial charge in [-0.3, -0.25) is 5.32 Å². The lowest BCUT2D eigenvalue weighted by molar-refractivity contribution is -0.917. The van der Waals surface area contributed by atoms with Gasteiger partial charge in [-0.15, -0.1) is 0 Å². The molecule has 0 aromatic carbocycles. The molecule has 1 atom stereocenters. The molecule has 66 valence electrons. The van der Waals surface area contributed by atoms with Gasteiger partial charge in [0.2, 0.25) is 0 Å². The fraction of sp³-hybridized carbons (Fsp3) is 1.00. The summed E-state index contributed by atoms with van der Waals surface area (Å²) in [6, 6.07) is 0. The van der Waals surface area contributed by atoms with Crippen molar-refractivity contribution in [1.82, 2.24) is 5.32 Å². The fourth-order valence-corrected chi connectivity index (χ4v) is 1.99. The number of rotatable bonds is 3. The van der Waals surface area contributed by atoms with Crippen molar-refractivity contribution in [2.75, 3.05) is 27.2 Å². The number of nitrogens with one attached hydrogen (secondary N) is 1. The van der Waals surface area contributed by atoms with Crippen molar-refractivity contribution < 1.29 is 4.48 Å². The highest BCUT2D eigenvalue weighted by Gasteiger charge is 2.29. The molecule has 0 aliphatic carbocycles. The average molecular weight is 157 g/mol. The molecular weight excluding hydrogens is 136 g/mol. The smallest absolute Gasteiger partial charge is 0.142 e. The summed E-state index contributed by atoms with van der Waals surface area (Å²) in [5.41, 5.74) is 0. The van der Waals surface area contributed by atoms with Gasteiger partial charge in [-0.2, -0.15) is 0 Å². The summed E-state index contributed by atoms with van der Waals surface area (Å²) in [4.78, 5) is 0. The summed E-state index contributed by atoms with van der Waals surface area (Å²) in [5, 5.41) is 3.55. The van der Waals surface area contributed by atoms with E-state index in [1.807, 2.05) is 0 Å². The standard InChI is InChI=1S/C9H21N2/c1-4-8-11(2,3)9-6-5-7-10-9/h9-10H,4-8H2,1-3H3/q+1. The van der Waals surface area contributed by atoms with Crippen LogP contribution in [0.4, 0.5) is 0 Å². The largest absolute Gasteiger partial charge is 0.314 e. The van der Waals surface area contributed by atoms with Gasteiger partial charge in [0.25, 0.3) is 0 Å². The zero-order valence-corrected chi connectivity index (χ0v) is 8.06. The van der Waals surface area contributed by atoms with Gasteiger partial charge in [0.1, 0.15) is 6.17 Å². The lowest BCUT2D eigenvalue weighted by Crippen LogP contribution is -2.53. The molecule has 0 radical (unpaired) electrons. The van der Waals surface area contributed by atoms with Crippen LogP contribution in [0.1, 0.15) is 26.2 Å². The molecule has 2 nitrogen and oxygen atoms in total. The Bertz CT molecular complexity index is 115. The Morgan fingerprint density at radius 1 is 1.45 bits per heavy atom. The molecule has 0 saturated carbocycles. The Morgan fingerprint density at radius 3 is 2.64 bits per heavy atom. The molecule has 0 aromatic rings. The Morgan fingerprint density at radius 2 is 2.18 bits per heavy atom. The summed E-state index contributed by atoms with van der Waals surface area (Å²) in [6.07, 6.45) is 4.71. The van der Waals surface area contributed by atoms with Gasteiger partial charge in [0.05, 0.1) is 20.6 Å². The van der Waals surface area contributed by atoms with Crippen LogP contribution in [-0.2, 0) is 0 Å². The fourth-order valence-electron chi connectivity index (χ4n) is 1.99. The Labute approximate surface area is 70.2 Å². The lowest BCUT2D eigenvalue weighted by atomic mass is 10.2. The second-order valence-electron chi connectivity index (χ2n) is 4.11. The molecule has 1 aliphatic heterocycles. The Kier molecular flexibility index (Phi) is 2.90. The van der Waals surface area contributed by atoms with Crippen LogP contribution >= 0.6 is 0 Å². The van der Waals surface area contributed by atoms with Gasteiger partial charge in [-0.05, 0) is 12.8 Å². The third kappa shape index (κ3) is 2.17. The first kappa shape index (κ1) is 9.01. The van der Waals surface area contributed by atoms with Crippen LogP contribution in [0.2, 0.25) is 0 Å². The van der Waals surface area contributed by atoms with Crippen molar-refractivity contribution in [2.45, 2.75) is 32.4 Å². The lowest BCUT2D eigenvalue weighted by Gasteiger charge is -2.35. The molecule has 1 unspecified atom stereocenters. The quantitative estimate of drug-likeness (QED) is 0.607. The van der Waals surface area contributed by atoms with Crippen LogP contribution < -0.4 is 5.32 Å².